The first kappa shape index (κ1) is 121. The molecule has 0 unspecified atom stereocenters. The van der Waals surface area contributed by atoms with E-state index in [1.165, 1.54) is 127 Å². The summed E-state index contributed by atoms with van der Waals surface area (Å²) in [6, 6.07) is 71.7. The maximum absolute atomic E-state index is 6.34. The largest absolute Gasteiger partial charge is 0.491 e. The van der Waals surface area contributed by atoms with E-state index in [0.29, 0.717) is 217 Å². The van der Waals surface area contributed by atoms with E-state index in [9.17, 15) is 0 Å². The Morgan fingerprint density at radius 1 is 0.177 bits per heavy atom. The minimum atomic E-state index is 0.393. The number of aryl methyl sites for hydroxylation is 14. The quantitative estimate of drug-likeness (QED) is 0.0257. The molecule has 0 saturated heterocycles. The standard InChI is InChI=1S/C32H52NO8.C26H32O4.C24H28O3.C22H30O4.C20H26O3/c1-26-8-9-27(2)30(22-26)28-23-29(25-33(3,4)5)32(41-21-19-39-17-15-37-13-11-35-7)31(24-28)40-20-18-38-16-14-36-12-10-34-6;1-19-5-6-22-15-20(2)17-25(24(22)16-19)23-7-8-26(21(3)18-23)30-14-13-29-12-11-28-10-9-27-4;1-17-5-6-20-13-18(2)15-23(22(20)14-17)21-7-8-24(19(3)16-21)27-12-11-26-10-9-25-4;1-17-5-6-18(2)21(15-17)20-7-8-22(19(3)16-20)26-14-13-25-12-11-24-10-9-23-4;1-15-5-6-16(2)19(13-15)18-7-8-20(17(3)14-18)23-12-11-22-10-9-21-4/h8-9,22-24H,10-21,25H2,1-7H3;5-8,15-18H,9-14H2,1-4H3;5-8,13-16H,9-12H2,1-4H3;5-8,15-16H,9-14H2,1-4H3;5-8,13-14H,9-12H2,1-4H3/q+1;;;;. The maximum atomic E-state index is 6.34. The molecule has 0 aliphatic heterocycles. The number of fused-ring (bicyclic) bond motifs is 2. The summed E-state index contributed by atoms with van der Waals surface area (Å²) in [4.78, 5) is 0. The zero-order chi connectivity index (χ0) is 106. The van der Waals surface area contributed by atoms with Gasteiger partial charge >= 0.3 is 0 Å². The highest BCUT2D eigenvalue weighted by atomic mass is 16.6. The molecule has 0 amide bonds. The summed E-state index contributed by atoms with van der Waals surface area (Å²) in [5.41, 5.74) is 30.5. The highest BCUT2D eigenvalue weighted by Crippen LogP contribution is 2.42. The van der Waals surface area contributed by atoms with E-state index in [-0.39, 0.29) is 0 Å². The molecular weight excluding hydrogens is 1860 g/mol. The molecule has 800 valence electrons. The average molecular weight is 2020 g/mol. The Morgan fingerprint density at radius 3 is 0.680 bits per heavy atom. The van der Waals surface area contributed by atoms with Crippen molar-refractivity contribution >= 4 is 21.5 Å². The van der Waals surface area contributed by atoms with Crippen molar-refractivity contribution in [2.24, 2.45) is 0 Å². The fraction of sp³-hybridized carbons (Fsp3) is 0.452. The zero-order valence-corrected chi connectivity index (χ0v) is 92.3. The van der Waals surface area contributed by atoms with Crippen LogP contribution in [0.25, 0.3) is 77.2 Å². The lowest BCUT2D eigenvalue weighted by Crippen LogP contribution is -2.33. The predicted molar refractivity (Wildman–Crippen MR) is 595 cm³/mol. The molecule has 0 heterocycles. The smallest absolute Gasteiger partial charge is 0.170 e. The number of hydrogen-bond donors (Lipinski definition) is 0. The van der Waals surface area contributed by atoms with Crippen LogP contribution < -0.4 is 28.4 Å². The Kier molecular flexibility index (Phi) is 56.9. The van der Waals surface area contributed by atoms with Gasteiger partial charge in [0.15, 0.2) is 11.5 Å². The molecule has 0 atom stereocenters. The molecular formula is C124H168NO22+. The van der Waals surface area contributed by atoms with Crippen LogP contribution in [0.1, 0.15) is 83.5 Å². The third-order valence-electron chi connectivity index (χ3n) is 23.7. The maximum Gasteiger partial charge on any atom is 0.170 e. The number of rotatable bonds is 61. The van der Waals surface area contributed by atoms with Crippen LogP contribution in [0.3, 0.4) is 0 Å². The highest BCUT2D eigenvalue weighted by molar-refractivity contribution is 5.99. The summed E-state index contributed by atoms with van der Waals surface area (Å²) >= 11 is 0. The molecule has 0 N–H and O–H groups in total. The number of benzene rings is 12. The van der Waals surface area contributed by atoms with E-state index >= 15 is 0 Å². The van der Waals surface area contributed by atoms with Crippen molar-refractivity contribution in [3.63, 3.8) is 0 Å². The Balaban J connectivity index is 0.000000227. The summed E-state index contributed by atoms with van der Waals surface area (Å²) in [5.74, 6) is 5.06. The van der Waals surface area contributed by atoms with Gasteiger partial charge in [-0.2, -0.15) is 0 Å². The van der Waals surface area contributed by atoms with Crippen LogP contribution in [0, 0.1) is 96.9 Å². The van der Waals surface area contributed by atoms with Crippen LogP contribution >= 0.6 is 0 Å². The predicted octanol–water partition coefficient (Wildman–Crippen LogP) is 23.9. The molecule has 0 aliphatic rings. The van der Waals surface area contributed by atoms with Gasteiger partial charge in [-0.25, -0.2) is 0 Å². The molecule has 12 aromatic rings. The second kappa shape index (κ2) is 68.8. The number of quaternary nitrogens is 1. The fourth-order valence-corrected chi connectivity index (χ4v) is 16.1. The normalized spacial score (nSPS) is 11.2. The molecule has 0 bridgehead atoms. The molecule has 23 heteroatoms. The van der Waals surface area contributed by atoms with Gasteiger partial charge in [-0.05, 0) is 285 Å². The summed E-state index contributed by atoms with van der Waals surface area (Å²) in [5, 5.41) is 5.13. The SMILES string of the molecule is COCCOCCOCCOc1cc(-c2cc(C)ccc2C)cc(C[N+](C)(C)C)c1OCCOCCOCCOC.COCCOCCOCCOc1ccc(-c2cc(C)cc3ccc(C)cc23)cc1C.COCCOCCOCCOc1ccc(-c2cc(C)ccc2C)cc1C.COCCOCCOc1ccc(-c2cc(C)cc3ccc(C)cc23)cc1C.COCCOCCOc1ccc(-c2cc(C)ccc2C)cc1C. The van der Waals surface area contributed by atoms with Gasteiger partial charge in [0.1, 0.15) is 69.2 Å². The van der Waals surface area contributed by atoms with Gasteiger partial charge in [-0.3, -0.25) is 0 Å². The second-order valence-electron chi connectivity index (χ2n) is 37.5. The van der Waals surface area contributed by atoms with E-state index in [1.807, 2.05) is 12.1 Å². The van der Waals surface area contributed by atoms with Gasteiger partial charge < -0.3 is 109 Å². The molecule has 0 radical (unpaired) electrons. The summed E-state index contributed by atoms with van der Waals surface area (Å²) in [6.07, 6.45) is 0. The van der Waals surface area contributed by atoms with Gasteiger partial charge in [0, 0.05) is 42.7 Å². The Hall–Kier alpha value is -10.7. The van der Waals surface area contributed by atoms with Crippen LogP contribution in [-0.2, 0) is 82.3 Å². The molecule has 0 fully saturated rings. The molecule has 0 aromatic heterocycles. The first-order chi connectivity index (χ1) is 71.1. The second-order valence-corrected chi connectivity index (χ2v) is 37.5. The van der Waals surface area contributed by atoms with Crippen molar-refractivity contribution < 1.29 is 109 Å². The molecule has 0 spiro atoms. The van der Waals surface area contributed by atoms with Crippen LogP contribution in [0.4, 0.5) is 0 Å². The Morgan fingerprint density at radius 2 is 0.408 bits per heavy atom. The van der Waals surface area contributed by atoms with Crippen molar-refractivity contribution in [3.8, 4) is 90.1 Å². The zero-order valence-electron chi connectivity index (χ0n) is 92.3. The van der Waals surface area contributed by atoms with E-state index in [2.05, 4.69) is 306 Å². The van der Waals surface area contributed by atoms with Crippen LogP contribution in [-0.4, -0.2) is 280 Å². The highest BCUT2D eigenvalue weighted by Gasteiger charge is 2.23. The topological polar surface area (TPSA) is 203 Å². The van der Waals surface area contributed by atoms with E-state index in [0.717, 1.165) is 73.2 Å². The van der Waals surface area contributed by atoms with Crippen LogP contribution in [0.15, 0.2) is 200 Å². The first-order valence-electron chi connectivity index (χ1n) is 51.3. The van der Waals surface area contributed by atoms with Crippen molar-refractivity contribution in [2.45, 2.75) is 103 Å². The number of hydrogen-bond acceptors (Lipinski definition) is 22. The van der Waals surface area contributed by atoms with Gasteiger partial charge in [-0.1, -0.05) is 167 Å². The number of nitrogens with zero attached hydrogens (tertiary/aromatic N) is 1. The lowest BCUT2D eigenvalue weighted by atomic mass is 9.94. The lowest BCUT2D eigenvalue weighted by Gasteiger charge is -2.27. The van der Waals surface area contributed by atoms with E-state index in [1.54, 1.807) is 42.7 Å². The third-order valence-corrected chi connectivity index (χ3v) is 23.7. The van der Waals surface area contributed by atoms with Gasteiger partial charge in [0.25, 0.3) is 0 Å². The minimum Gasteiger partial charge on any atom is -0.491 e. The van der Waals surface area contributed by atoms with Crippen molar-refractivity contribution in [2.75, 3.05) is 275 Å². The van der Waals surface area contributed by atoms with E-state index < -0.39 is 0 Å². The number of ether oxygens (including phenoxy) is 22. The van der Waals surface area contributed by atoms with Crippen molar-refractivity contribution in [3.05, 3.63) is 284 Å². The summed E-state index contributed by atoms with van der Waals surface area (Å²) in [6.45, 7) is 47.9. The average Bonchev–Trinajstić information content (AvgIpc) is 0.795. The molecule has 0 saturated carbocycles. The number of methoxy groups -OCH3 is 6. The van der Waals surface area contributed by atoms with Crippen LogP contribution in [0.5, 0.6) is 34.5 Å². The summed E-state index contributed by atoms with van der Waals surface area (Å²) in [7, 11) is 16.5. The molecule has 12 aromatic carbocycles. The van der Waals surface area contributed by atoms with E-state index in [4.69, 9.17) is 104 Å². The molecule has 12 rings (SSSR count). The van der Waals surface area contributed by atoms with Gasteiger partial charge in [-0.15, -0.1) is 0 Å². The summed E-state index contributed by atoms with van der Waals surface area (Å²) < 4.78 is 122. The van der Waals surface area contributed by atoms with Crippen molar-refractivity contribution in [1.82, 2.24) is 0 Å². The Bertz CT molecular complexity index is 5810. The minimum absolute atomic E-state index is 0.393. The van der Waals surface area contributed by atoms with Gasteiger partial charge in [0.2, 0.25) is 0 Å². The van der Waals surface area contributed by atoms with Crippen LogP contribution in [0.2, 0.25) is 0 Å². The lowest BCUT2D eigenvalue weighted by molar-refractivity contribution is -0.884. The molecule has 0 aliphatic carbocycles. The Labute approximate surface area is 877 Å². The molecule has 147 heavy (non-hydrogen) atoms. The fourth-order valence-electron chi connectivity index (χ4n) is 16.1. The van der Waals surface area contributed by atoms with Gasteiger partial charge in [0.05, 0.1) is 198 Å². The molecule has 23 nitrogen and oxygen atoms in total. The monoisotopic (exact) mass is 2020 g/mol. The first-order valence-corrected chi connectivity index (χ1v) is 51.3. The third kappa shape index (κ3) is 44.9. The van der Waals surface area contributed by atoms with Crippen molar-refractivity contribution in [1.29, 1.82) is 0 Å².